The summed E-state index contributed by atoms with van der Waals surface area (Å²) in [4.78, 5) is 25.0. The summed E-state index contributed by atoms with van der Waals surface area (Å²) in [7, 11) is 0. The van der Waals surface area contributed by atoms with E-state index in [1.165, 1.54) is 12.1 Å². The lowest BCUT2D eigenvalue weighted by Crippen LogP contribution is -2.31. The number of allylic oxidation sites excluding steroid dienone is 2. The highest BCUT2D eigenvalue weighted by molar-refractivity contribution is 6.03. The van der Waals surface area contributed by atoms with E-state index in [9.17, 15) is 22.8 Å². The number of hydrogen-bond donors (Lipinski definition) is 1. The van der Waals surface area contributed by atoms with Gasteiger partial charge in [0.15, 0.2) is 5.78 Å². The van der Waals surface area contributed by atoms with Crippen LogP contribution in [0.5, 0.6) is 0 Å². The van der Waals surface area contributed by atoms with E-state index < -0.39 is 23.6 Å². The maximum absolute atomic E-state index is 12.9. The number of hydrogen-bond acceptors (Lipinski definition) is 5. The number of halogens is 3. The van der Waals surface area contributed by atoms with Crippen molar-refractivity contribution in [2.75, 3.05) is 6.61 Å². The molecule has 3 rings (SSSR count). The van der Waals surface area contributed by atoms with E-state index >= 15 is 0 Å². The Balaban J connectivity index is 2.12. The second-order valence-corrected chi connectivity index (χ2v) is 6.27. The summed E-state index contributed by atoms with van der Waals surface area (Å²) in [6.45, 7) is 1.69. The van der Waals surface area contributed by atoms with Gasteiger partial charge in [0.25, 0.3) is 0 Å². The van der Waals surface area contributed by atoms with Gasteiger partial charge in [-0.1, -0.05) is 12.1 Å². The lowest BCUT2D eigenvalue weighted by molar-refractivity contribution is -0.139. The van der Waals surface area contributed by atoms with Crippen LogP contribution in [0.2, 0.25) is 0 Å². The fourth-order valence-electron chi connectivity index (χ4n) is 3.36. The number of esters is 1. The molecule has 1 atom stereocenters. The van der Waals surface area contributed by atoms with Gasteiger partial charge < -0.3 is 15.2 Å². The highest BCUT2D eigenvalue weighted by atomic mass is 19.4. The van der Waals surface area contributed by atoms with Crippen LogP contribution in [0.3, 0.4) is 0 Å². The first-order valence-corrected chi connectivity index (χ1v) is 8.52. The van der Waals surface area contributed by atoms with Crippen molar-refractivity contribution < 1.29 is 32.2 Å². The van der Waals surface area contributed by atoms with Crippen LogP contribution in [0.4, 0.5) is 13.2 Å². The molecule has 1 aliphatic heterocycles. The quantitative estimate of drug-likeness (QED) is 0.810. The minimum absolute atomic E-state index is 0.0643. The molecule has 27 heavy (non-hydrogen) atoms. The molecule has 8 heteroatoms. The SMILES string of the molecule is CCOC(=O)C1=C(N)OC2=C(C(=O)CCC2)[C@H]1c1ccc(C(F)(F)F)cc1. The Kier molecular flexibility index (Phi) is 4.99. The second-order valence-electron chi connectivity index (χ2n) is 6.27. The van der Waals surface area contributed by atoms with Crippen LogP contribution in [0, 0.1) is 0 Å². The predicted molar refractivity (Wildman–Crippen MR) is 89.0 cm³/mol. The molecule has 1 heterocycles. The van der Waals surface area contributed by atoms with Crippen molar-refractivity contribution in [3.05, 3.63) is 58.2 Å². The molecule has 2 aliphatic rings. The van der Waals surface area contributed by atoms with Crippen LogP contribution in [-0.2, 0) is 25.2 Å². The third-order valence-electron chi connectivity index (χ3n) is 4.55. The summed E-state index contributed by atoms with van der Waals surface area (Å²) in [5.74, 6) is -1.71. The van der Waals surface area contributed by atoms with Gasteiger partial charge in [-0.25, -0.2) is 4.79 Å². The summed E-state index contributed by atoms with van der Waals surface area (Å²) >= 11 is 0. The van der Waals surface area contributed by atoms with Crippen molar-refractivity contribution in [1.29, 1.82) is 0 Å². The summed E-state index contributed by atoms with van der Waals surface area (Å²) in [6.07, 6.45) is -3.16. The first-order chi connectivity index (χ1) is 12.7. The molecule has 0 fully saturated rings. The number of ketones is 1. The maximum Gasteiger partial charge on any atom is 0.416 e. The fraction of sp³-hybridized carbons (Fsp3) is 0.368. The van der Waals surface area contributed by atoms with E-state index in [1.54, 1.807) is 6.92 Å². The number of alkyl halides is 3. The van der Waals surface area contributed by atoms with E-state index in [-0.39, 0.29) is 35.8 Å². The zero-order chi connectivity index (χ0) is 19.8. The van der Waals surface area contributed by atoms with Gasteiger partial charge in [0.2, 0.25) is 5.88 Å². The van der Waals surface area contributed by atoms with E-state index in [4.69, 9.17) is 15.2 Å². The lowest BCUT2D eigenvalue weighted by Gasteiger charge is -2.32. The smallest absolute Gasteiger partial charge is 0.416 e. The molecule has 5 nitrogen and oxygen atoms in total. The van der Waals surface area contributed by atoms with Gasteiger partial charge in [-0.3, -0.25) is 4.79 Å². The highest BCUT2D eigenvalue weighted by Crippen LogP contribution is 2.44. The van der Waals surface area contributed by atoms with Gasteiger partial charge in [-0.05, 0) is 31.0 Å². The lowest BCUT2D eigenvalue weighted by atomic mass is 9.77. The number of rotatable bonds is 3. The standard InChI is InChI=1S/C19H18F3NO4/c1-2-26-18(25)16-14(10-6-8-11(9-7-10)19(20,21)22)15-12(24)4-3-5-13(15)27-17(16)23/h6-9,14H,2-5,23H2,1H3/t14-/m1/s1. The van der Waals surface area contributed by atoms with Crippen molar-refractivity contribution in [3.63, 3.8) is 0 Å². The van der Waals surface area contributed by atoms with Crippen molar-refractivity contribution >= 4 is 11.8 Å². The van der Waals surface area contributed by atoms with Crippen LogP contribution in [0.25, 0.3) is 0 Å². The molecule has 144 valence electrons. The third kappa shape index (κ3) is 3.56. The Morgan fingerprint density at radius 2 is 1.93 bits per heavy atom. The molecule has 0 aromatic heterocycles. The topological polar surface area (TPSA) is 78.6 Å². The zero-order valence-corrected chi connectivity index (χ0v) is 14.6. The minimum atomic E-state index is -4.49. The molecule has 1 aromatic rings. The number of ether oxygens (including phenoxy) is 2. The summed E-state index contributed by atoms with van der Waals surface area (Å²) < 4.78 is 49.2. The Morgan fingerprint density at radius 1 is 1.26 bits per heavy atom. The number of benzene rings is 1. The van der Waals surface area contributed by atoms with Gasteiger partial charge in [-0.2, -0.15) is 13.2 Å². The first kappa shape index (κ1) is 19.0. The van der Waals surface area contributed by atoms with Crippen LogP contribution >= 0.6 is 0 Å². The molecule has 0 bridgehead atoms. The molecule has 0 saturated carbocycles. The van der Waals surface area contributed by atoms with Crippen molar-refractivity contribution in [2.24, 2.45) is 5.73 Å². The first-order valence-electron chi connectivity index (χ1n) is 8.52. The third-order valence-corrected chi connectivity index (χ3v) is 4.55. The number of carbonyl (C=O) groups excluding carboxylic acids is 2. The highest BCUT2D eigenvalue weighted by Gasteiger charge is 2.41. The normalized spacial score (nSPS) is 20.3. The van der Waals surface area contributed by atoms with Crippen LogP contribution < -0.4 is 5.73 Å². The van der Waals surface area contributed by atoms with Gasteiger partial charge in [0, 0.05) is 18.4 Å². The van der Waals surface area contributed by atoms with Crippen LogP contribution in [0.15, 0.2) is 47.1 Å². The largest absolute Gasteiger partial charge is 0.462 e. The van der Waals surface area contributed by atoms with Gasteiger partial charge in [-0.15, -0.1) is 0 Å². The van der Waals surface area contributed by atoms with Crippen molar-refractivity contribution in [3.8, 4) is 0 Å². The number of nitrogens with two attached hydrogens (primary N) is 1. The van der Waals surface area contributed by atoms with Gasteiger partial charge in [0.05, 0.1) is 18.1 Å². The molecule has 2 N–H and O–H groups in total. The molecule has 0 saturated heterocycles. The van der Waals surface area contributed by atoms with E-state index in [0.717, 1.165) is 12.1 Å². The molecule has 1 aliphatic carbocycles. The summed E-state index contributed by atoms with van der Waals surface area (Å²) in [6, 6.07) is 4.32. The Morgan fingerprint density at radius 3 is 2.52 bits per heavy atom. The predicted octanol–water partition coefficient (Wildman–Crippen LogP) is 3.56. The van der Waals surface area contributed by atoms with E-state index in [0.29, 0.717) is 24.2 Å². The van der Waals surface area contributed by atoms with E-state index in [2.05, 4.69) is 0 Å². The minimum Gasteiger partial charge on any atom is -0.462 e. The maximum atomic E-state index is 12.9. The summed E-state index contributed by atoms with van der Waals surface area (Å²) in [5, 5.41) is 0. The average Bonchev–Trinajstić information content (AvgIpc) is 2.60. The van der Waals surface area contributed by atoms with E-state index in [1.807, 2.05) is 0 Å². The number of carbonyl (C=O) groups is 2. The Labute approximate surface area is 153 Å². The monoisotopic (exact) mass is 381 g/mol. The van der Waals surface area contributed by atoms with Crippen LogP contribution in [-0.4, -0.2) is 18.4 Å². The summed E-state index contributed by atoms with van der Waals surface area (Å²) in [5.41, 5.74) is 5.64. The average molecular weight is 381 g/mol. The Bertz CT molecular complexity index is 838. The molecule has 0 radical (unpaired) electrons. The van der Waals surface area contributed by atoms with Crippen molar-refractivity contribution in [2.45, 2.75) is 38.3 Å². The second kappa shape index (κ2) is 7.09. The van der Waals surface area contributed by atoms with Gasteiger partial charge >= 0.3 is 12.1 Å². The molecular weight excluding hydrogens is 363 g/mol. The molecule has 0 unspecified atom stereocenters. The molecular formula is C19H18F3NO4. The molecule has 0 amide bonds. The zero-order valence-electron chi connectivity index (χ0n) is 14.6. The molecule has 1 aromatic carbocycles. The molecule has 0 spiro atoms. The Hall–Kier alpha value is -2.77. The van der Waals surface area contributed by atoms with Gasteiger partial charge in [0.1, 0.15) is 11.3 Å². The van der Waals surface area contributed by atoms with Crippen molar-refractivity contribution in [1.82, 2.24) is 0 Å². The fourth-order valence-corrected chi connectivity index (χ4v) is 3.36. The number of Topliss-reactive ketones (excluding diaryl/α,β-unsaturated/α-hetero) is 1. The van der Waals surface area contributed by atoms with Crippen LogP contribution in [0.1, 0.15) is 43.2 Å².